The largest absolute Gasteiger partial charge is 0.342 e. The number of piperidine rings is 1. The van der Waals surface area contributed by atoms with E-state index in [0.29, 0.717) is 11.7 Å². The first-order valence-electron chi connectivity index (χ1n) is 6.90. The summed E-state index contributed by atoms with van der Waals surface area (Å²) in [5.41, 5.74) is 0. The van der Waals surface area contributed by atoms with Crippen LogP contribution in [0.25, 0.3) is 0 Å². The van der Waals surface area contributed by atoms with E-state index in [1.807, 2.05) is 30.1 Å². The lowest BCUT2D eigenvalue weighted by Crippen LogP contribution is -2.43. The van der Waals surface area contributed by atoms with Crippen molar-refractivity contribution in [2.45, 2.75) is 17.7 Å². The second-order valence-electron chi connectivity index (χ2n) is 5.01. The molecule has 3 nitrogen and oxygen atoms in total. The average Bonchev–Trinajstić information content (AvgIpc) is 2.46. The second-order valence-corrected chi connectivity index (χ2v) is 6.06. The Morgan fingerprint density at radius 2 is 2.15 bits per heavy atom. The van der Waals surface area contributed by atoms with Crippen LogP contribution in [0.5, 0.6) is 0 Å². The summed E-state index contributed by atoms with van der Waals surface area (Å²) in [6.07, 6.45) is 2.37. The molecule has 0 aliphatic carbocycles. The molecule has 1 atom stereocenters. The van der Waals surface area contributed by atoms with Crippen LogP contribution in [0.3, 0.4) is 0 Å². The van der Waals surface area contributed by atoms with Crippen LogP contribution in [0.4, 0.5) is 0 Å². The van der Waals surface area contributed by atoms with Crippen LogP contribution in [-0.2, 0) is 4.79 Å². The van der Waals surface area contributed by atoms with Crippen LogP contribution in [-0.4, -0.2) is 43.2 Å². The predicted octanol–water partition coefficient (Wildman–Crippen LogP) is 2.66. The van der Waals surface area contributed by atoms with Gasteiger partial charge in [-0.05, 0) is 44.5 Å². The molecule has 112 valence electrons. The van der Waals surface area contributed by atoms with Gasteiger partial charge in [-0.1, -0.05) is 18.2 Å². The molecular formula is C15H23ClN2OS. The van der Waals surface area contributed by atoms with E-state index in [2.05, 4.69) is 17.4 Å². The molecular weight excluding hydrogens is 292 g/mol. The number of carbonyl (C=O) groups is 1. The van der Waals surface area contributed by atoms with Gasteiger partial charge in [0.2, 0.25) is 5.91 Å². The van der Waals surface area contributed by atoms with Crippen LogP contribution in [0, 0.1) is 5.92 Å². The molecule has 20 heavy (non-hydrogen) atoms. The number of nitrogens with zero attached hydrogens (tertiary/aromatic N) is 1. The molecule has 1 aliphatic rings. The quantitative estimate of drug-likeness (QED) is 0.848. The van der Waals surface area contributed by atoms with Crippen LogP contribution < -0.4 is 5.32 Å². The lowest BCUT2D eigenvalue weighted by Gasteiger charge is -2.32. The van der Waals surface area contributed by atoms with Gasteiger partial charge in [0, 0.05) is 18.0 Å². The number of benzene rings is 1. The monoisotopic (exact) mass is 314 g/mol. The van der Waals surface area contributed by atoms with E-state index in [0.717, 1.165) is 26.1 Å². The summed E-state index contributed by atoms with van der Waals surface area (Å²) in [4.78, 5) is 15.4. The van der Waals surface area contributed by atoms with Gasteiger partial charge in [-0.25, -0.2) is 0 Å². The highest BCUT2D eigenvalue weighted by Crippen LogP contribution is 2.20. The number of rotatable bonds is 5. The van der Waals surface area contributed by atoms with Crippen molar-refractivity contribution in [2.75, 3.05) is 32.4 Å². The van der Waals surface area contributed by atoms with E-state index in [-0.39, 0.29) is 18.3 Å². The maximum atomic E-state index is 12.2. The van der Waals surface area contributed by atoms with Crippen molar-refractivity contribution in [1.82, 2.24) is 10.2 Å². The van der Waals surface area contributed by atoms with Gasteiger partial charge in [0.25, 0.3) is 0 Å². The average molecular weight is 315 g/mol. The third-order valence-electron chi connectivity index (χ3n) is 3.47. The first-order chi connectivity index (χ1) is 9.29. The lowest BCUT2D eigenvalue weighted by molar-refractivity contribution is -0.130. The van der Waals surface area contributed by atoms with Gasteiger partial charge in [0.1, 0.15) is 0 Å². The molecule has 0 saturated carbocycles. The number of hydrogen-bond donors (Lipinski definition) is 1. The number of nitrogens with one attached hydrogen (secondary N) is 1. The SMILES string of the molecule is CNCC1CCCN(C(=O)CSc2ccccc2)C1.Cl. The molecule has 1 fully saturated rings. The molecule has 1 aromatic rings. The molecule has 0 bridgehead atoms. The van der Waals surface area contributed by atoms with E-state index in [1.54, 1.807) is 11.8 Å². The van der Waals surface area contributed by atoms with Crippen molar-refractivity contribution in [1.29, 1.82) is 0 Å². The van der Waals surface area contributed by atoms with Crippen molar-refractivity contribution >= 4 is 30.1 Å². The fraction of sp³-hybridized carbons (Fsp3) is 0.533. The summed E-state index contributed by atoms with van der Waals surface area (Å²) in [5, 5.41) is 3.21. The molecule has 1 unspecified atom stereocenters. The third-order valence-corrected chi connectivity index (χ3v) is 4.47. The lowest BCUT2D eigenvalue weighted by atomic mass is 9.98. The van der Waals surface area contributed by atoms with Crippen molar-refractivity contribution in [2.24, 2.45) is 5.92 Å². The fourth-order valence-corrected chi connectivity index (χ4v) is 3.32. The molecule has 1 aliphatic heterocycles. The smallest absolute Gasteiger partial charge is 0.232 e. The molecule has 1 saturated heterocycles. The summed E-state index contributed by atoms with van der Waals surface area (Å²) in [5.74, 6) is 1.44. The van der Waals surface area contributed by atoms with Gasteiger partial charge in [0.05, 0.1) is 5.75 Å². The Morgan fingerprint density at radius 1 is 1.40 bits per heavy atom. The highest BCUT2D eigenvalue weighted by Gasteiger charge is 2.22. The molecule has 5 heteroatoms. The number of thioether (sulfide) groups is 1. The topological polar surface area (TPSA) is 32.3 Å². The molecule has 1 aromatic carbocycles. The summed E-state index contributed by atoms with van der Waals surface area (Å²) < 4.78 is 0. The molecule has 1 amide bonds. The minimum Gasteiger partial charge on any atom is -0.342 e. The van der Waals surface area contributed by atoms with Crippen LogP contribution in [0.15, 0.2) is 35.2 Å². The van der Waals surface area contributed by atoms with E-state index in [9.17, 15) is 4.79 Å². The van der Waals surface area contributed by atoms with Crippen LogP contribution in [0.2, 0.25) is 0 Å². The fourth-order valence-electron chi connectivity index (χ4n) is 2.50. The summed E-state index contributed by atoms with van der Waals surface area (Å²) in [6.45, 7) is 2.85. The summed E-state index contributed by atoms with van der Waals surface area (Å²) in [7, 11) is 1.98. The molecule has 0 spiro atoms. The minimum atomic E-state index is 0. The zero-order chi connectivity index (χ0) is 13.5. The normalized spacial score (nSPS) is 18.4. The maximum Gasteiger partial charge on any atom is 0.232 e. The van der Waals surface area contributed by atoms with E-state index in [1.165, 1.54) is 11.3 Å². The van der Waals surface area contributed by atoms with E-state index in [4.69, 9.17) is 0 Å². The highest BCUT2D eigenvalue weighted by atomic mass is 35.5. The summed E-state index contributed by atoms with van der Waals surface area (Å²) >= 11 is 1.63. The Morgan fingerprint density at radius 3 is 2.85 bits per heavy atom. The van der Waals surface area contributed by atoms with Gasteiger partial charge in [0.15, 0.2) is 0 Å². The van der Waals surface area contributed by atoms with Gasteiger partial charge in [-0.2, -0.15) is 0 Å². The number of hydrogen-bond acceptors (Lipinski definition) is 3. The maximum absolute atomic E-state index is 12.2. The molecule has 2 rings (SSSR count). The van der Waals surface area contributed by atoms with Crippen molar-refractivity contribution in [3.8, 4) is 0 Å². The van der Waals surface area contributed by atoms with Crippen LogP contribution in [0.1, 0.15) is 12.8 Å². The first-order valence-corrected chi connectivity index (χ1v) is 7.88. The van der Waals surface area contributed by atoms with Gasteiger partial charge < -0.3 is 10.2 Å². The Kier molecular flexibility index (Phi) is 8.04. The first kappa shape index (κ1) is 17.3. The standard InChI is InChI=1S/C15H22N2OS.ClH/c1-16-10-13-6-5-9-17(11-13)15(18)12-19-14-7-3-2-4-8-14;/h2-4,7-8,13,16H,5-6,9-12H2,1H3;1H. The Bertz CT molecular complexity index is 400. The molecule has 0 radical (unpaired) electrons. The zero-order valence-electron chi connectivity index (χ0n) is 11.9. The highest BCUT2D eigenvalue weighted by molar-refractivity contribution is 8.00. The van der Waals surface area contributed by atoms with E-state index < -0.39 is 0 Å². The summed E-state index contributed by atoms with van der Waals surface area (Å²) in [6, 6.07) is 10.1. The van der Waals surface area contributed by atoms with E-state index >= 15 is 0 Å². The molecule has 0 aromatic heterocycles. The minimum absolute atomic E-state index is 0. The van der Waals surface area contributed by atoms with Crippen molar-refractivity contribution < 1.29 is 4.79 Å². The Balaban J connectivity index is 0.00000200. The van der Waals surface area contributed by atoms with Gasteiger partial charge >= 0.3 is 0 Å². The molecule has 1 N–H and O–H groups in total. The Hall–Kier alpha value is -0.710. The zero-order valence-corrected chi connectivity index (χ0v) is 13.5. The molecule has 1 heterocycles. The predicted molar refractivity (Wildman–Crippen MR) is 87.6 cm³/mol. The number of halogens is 1. The number of likely N-dealkylation sites (tertiary alicyclic amines) is 1. The Labute approximate surface area is 131 Å². The van der Waals surface area contributed by atoms with Gasteiger partial charge in [-0.3, -0.25) is 4.79 Å². The van der Waals surface area contributed by atoms with Crippen molar-refractivity contribution in [3.63, 3.8) is 0 Å². The van der Waals surface area contributed by atoms with Crippen molar-refractivity contribution in [3.05, 3.63) is 30.3 Å². The second kappa shape index (κ2) is 9.27. The number of amides is 1. The third kappa shape index (κ3) is 5.35. The number of carbonyl (C=O) groups excluding carboxylic acids is 1. The van der Waals surface area contributed by atoms with Crippen LogP contribution >= 0.6 is 24.2 Å². The van der Waals surface area contributed by atoms with Gasteiger partial charge in [-0.15, -0.1) is 24.2 Å².